The molecule has 2 aliphatic heterocycles. The first kappa shape index (κ1) is 15.9. The van der Waals surface area contributed by atoms with Gasteiger partial charge in [0.2, 0.25) is 0 Å². The van der Waals surface area contributed by atoms with Gasteiger partial charge in [0.25, 0.3) is 0 Å². The fourth-order valence-electron chi connectivity index (χ4n) is 3.91. The van der Waals surface area contributed by atoms with Crippen LogP contribution in [-0.4, -0.2) is 4.75 Å². The quantitative estimate of drug-likeness (QED) is 0.653. The number of rotatable bonds is 4. The van der Waals surface area contributed by atoms with Crippen LogP contribution in [0.1, 0.15) is 51.7 Å². The van der Waals surface area contributed by atoms with Crippen LogP contribution in [0.3, 0.4) is 0 Å². The minimum atomic E-state index is -0.319. The predicted octanol–water partition coefficient (Wildman–Crippen LogP) is 5.77. The van der Waals surface area contributed by atoms with Crippen molar-refractivity contribution in [2.24, 2.45) is 5.41 Å². The summed E-state index contributed by atoms with van der Waals surface area (Å²) in [5, 5.41) is 0. The van der Waals surface area contributed by atoms with Crippen LogP contribution in [0.5, 0.6) is 0 Å². The Bertz CT molecular complexity index is 618. The molecule has 3 rings (SSSR count). The van der Waals surface area contributed by atoms with E-state index in [4.69, 9.17) is 4.74 Å². The Balaban J connectivity index is 2.19. The highest BCUT2D eigenvalue weighted by atomic mass is 32.2. The van der Waals surface area contributed by atoms with E-state index in [9.17, 15) is 0 Å². The van der Waals surface area contributed by atoms with Crippen molar-refractivity contribution in [1.82, 2.24) is 0 Å². The number of hydrogen-bond donors (Lipinski definition) is 0. The Labute approximate surface area is 138 Å². The molecule has 0 bridgehead atoms. The molecule has 118 valence electrons. The molecule has 0 N–H and O–H groups in total. The summed E-state index contributed by atoms with van der Waals surface area (Å²) in [6.07, 6.45) is 5.57. The molecule has 2 heteroatoms. The van der Waals surface area contributed by atoms with Crippen LogP contribution in [0.25, 0.3) is 0 Å². The van der Waals surface area contributed by atoms with Gasteiger partial charge in [0, 0.05) is 15.7 Å². The molecule has 0 saturated carbocycles. The van der Waals surface area contributed by atoms with Crippen molar-refractivity contribution in [1.29, 1.82) is 0 Å². The van der Waals surface area contributed by atoms with Crippen LogP contribution in [0.15, 0.2) is 49.6 Å². The zero-order valence-corrected chi connectivity index (χ0v) is 14.9. The second-order valence-electron chi connectivity index (χ2n) is 7.48. The summed E-state index contributed by atoms with van der Waals surface area (Å²) < 4.78 is 7.09. The molecule has 1 spiro atoms. The smallest absolute Gasteiger partial charge is 0.147 e. The number of benzene rings is 1. The predicted molar refractivity (Wildman–Crippen MR) is 96.0 cm³/mol. The molecule has 1 aromatic rings. The molecule has 1 fully saturated rings. The van der Waals surface area contributed by atoms with Gasteiger partial charge in [-0.25, -0.2) is 0 Å². The van der Waals surface area contributed by atoms with Gasteiger partial charge in [0.15, 0.2) is 0 Å². The maximum Gasteiger partial charge on any atom is 0.147 e. The normalized spacial score (nSPS) is 29.6. The fraction of sp³-hybridized carbons (Fsp3) is 0.500. The van der Waals surface area contributed by atoms with Gasteiger partial charge in [-0.1, -0.05) is 50.3 Å². The zero-order chi connectivity index (χ0) is 16.2. The molecule has 22 heavy (non-hydrogen) atoms. The Morgan fingerprint density at radius 1 is 1.00 bits per heavy atom. The Kier molecular flexibility index (Phi) is 3.43. The summed E-state index contributed by atoms with van der Waals surface area (Å²) in [4.78, 5) is -0.265. The monoisotopic (exact) mass is 314 g/mol. The number of fused-ring (bicyclic) bond motifs is 2. The number of thioether (sulfide) groups is 1. The molecular weight excluding hydrogens is 288 g/mol. The van der Waals surface area contributed by atoms with E-state index in [-0.39, 0.29) is 20.7 Å². The van der Waals surface area contributed by atoms with Crippen LogP contribution in [0, 0.1) is 5.41 Å². The molecule has 1 nitrogen and oxygen atoms in total. The van der Waals surface area contributed by atoms with Gasteiger partial charge < -0.3 is 4.74 Å². The Morgan fingerprint density at radius 2 is 1.55 bits per heavy atom. The summed E-state index contributed by atoms with van der Waals surface area (Å²) in [6.45, 7) is 17.2. The van der Waals surface area contributed by atoms with Crippen LogP contribution in [0.4, 0.5) is 0 Å². The second kappa shape index (κ2) is 4.75. The average Bonchev–Trinajstić information content (AvgIpc) is 2.73. The first-order valence-corrected chi connectivity index (χ1v) is 8.80. The third kappa shape index (κ3) is 1.71. The van der Waals surface area contributed by atoms with Gasteiger partial charge in [-0.3, -0.25) is 0 Å². The van der Waals surface area contributed by atoms with E-state index in [2.05, 4.69) is 65.1 Å². The lowest BCUT2D eigenvalue weighted by Crippen LogP contribution is -2.63. The van der Waals surface area contributed by atoms with E-state index >= 15 is 0 Å². The van der Waals surface area contributed by atoms with Crippen LogP contribution in [0.2, 0.25) is 0 Å². The summed E-state index contributed by atoms with van der Waals surface area (Å²) in [5.74, 6) is 0. The summed E-state index contributed by atoms with van der Waals surface area (Å²) >= 11 is 1.95. The van der Waals surface area contributed by atoms with E-state index in [0.29, 0.717) is 0 Å². The zero-order valence-electron chi connectivity index (χ0n) is 14.1. The Morgan fingerprint density at radius 3 is 2.00 bits per heavy atom. The van der Waals surface area contributed by atoms with Crippen molar-refractivity contribution in [2.45, 2.75) is 55.8 Å². The van der Waals surface area contributed by atoms with Gasteiger partial charge in [-0.05, 0) is 32.3 Å². The third-order valence-electron chi connectivity index (χ3n) is 5.79. The molecule has 0 amide bonds. The van der Waals surface area contributed by atoms with Crippen molar-refractivity contribution in [3.8, 4) is 0 Å². The number of ether oxygens (including phenoxy) is 1. The lowest BCUT2D eigenvalue weighted by molar-refractivity contribution is -0.164. The molecule has 2 aliphatic rings. The summed E-state index contributed by atoms with van der Waals surface area (Å²) in [5.41, 5.74) is 2.39. The highest BCUT2D eigenvalue weighted by Crippen LogP contribution is 2.77. The van der Waals surface area contributed by atoms with Crippen molar-refractivity contribution in [2.75, 3.05) is 0 Å². The minimum Gasteiger partial charge on any atom is -0.348 e. The molecule has 0 aromatic heterocycles. The topological polar surface area (TPSA) is 9.23 Å². The molecule has 1 atom stereocenters. The molecule has 1 aromatic carbocycles. The Hall–Kier alpha value is -0.990. The maximum atomic E-state index is 6.90. The standard InChI is InChI=1S/C20H26OS/c1-7-13-19(14-8-2)15-11-9-10-12-16(15)20(21-19)17(3,4)18(5,6)22-20/h7-12H,1-2,13-14H2,3-6H3. The summed E-state index contributed by atoms with van der Waals surface area (Å²) in [6, 6.07) is 8.71. The van der Waals surface area contributed by atoms with E-state index in [1.54, 1.807) is 0 Å². The first-order chi connectivity index (χ1) is 10.3. The van der Waals surface area contributed by atoms with Gasteiger partial charge in [-0.15, -0.1) is 24.9 Å². The van der Waals surface area contributed by atoms with E-state index < -0.39 is 0 Å². The maximum absolute atomic E-state index is 6.90. The SMILES string of the molecule is C=CCC1(CC=C)OC2(SC(C)(C)C2(C)C)c2ccccc21. The lowest BCUT2D eigenvalue weighted by atomic mass is 9.70. The molecular formula is C20H26OS. The van der Waals surface area contributed by atoms with Gasteiger partial charge >= 0.3 is 0 Å². The third-order valence-corrected chi connectivity index (χ3v) is 7.91. The van der Waals surface area contributed by atoms with Gasteiger partial charge in [0.1, 0.15) is 10.5 Å². The summed E-state index contributed by atoms with van der Waals surface area (Å²) in [7, 11) is 0. The van der Waals surface area contributed by atoms with Crippen molar-refractivity contribution < 1.29 is 4.74 Å². The van der Waals surface area contributed by atoms with Gasteiger partial charge in [-0.2, -0.15) is 0 Å². The fourth-order valence-corrected chi connectivity index (χ4v) is 5.87. The van der Waals surface area contributed by atoms with Crippen LogP contribution in [-0.2, 0) is 15.3 Å². The van der Waals surface area contributed by atoms with Gasteiger partial charge in [0.05, 0.1) is 0 Å². The largest absolute Gasteiger partial charge is 0.348 e. The van der Waals surface area contributed by atoms with E-state index in [1.807, 2.05) is 23.9 Å². The average molecular weight is 314 g/mol. The van der Waals surface area contributed by atoms with E-state index in [0.717, 1.165) is 12.8 Å². The minimum absolute atomic E-state index is 0.0604. The number of hydrogen-bond acceptors (Lipinski definition) is 2. The molecule has 0 aliphatic carbocycles. The van der Waals surface area contributed by atoms with Crippen molar-refractivity contribution in [3.05, 3.63) is 60.7 Å². The van der Waals surface area contributed by atoms with Crippen LogP contribution >= 0.6 is 11.8 Å². The molecule has 2 heterocycles. The first-order valence-electron chi connectivity index (χ1n) is 7.98. The highest BCUT2D eigenvalue weighted by Gasteiger charge is 2.72. The molecule has 1 saturated heterocycles. The molecule has 0 radical (unpaired) electrons. The van der Waals surface area contributed by atoms with E-state index in [1.165, 1.54) is 11.1 Å². The van der Waals surface area contributed by atoms with Crippen molar-refractivity contribution >= 4 is 11.8 Å². The van der Waals surface area contributed by atoms with Crippen LogP contribution < -0.4 is 0 Å². The highest BCUT2D eigenvalue weighted by molar-refractivity contribution is 8.03. The second-order valence-corrected chi connectivity index (χ2v) is 9.28. The van der Waals surface area contributed by atoms with Crippen molar-refractivity contribution in [3.63, 3.8) is 0 Å². The lowest BCUT2D eigenvalue weighted by Gasteiger charge is -2.64. The molecule has 1 unspecified atom stereocenters.